The van der Waals surface area contributed by atoms with Crippen LogP contribution in [0, 0.1) is 11.3 Å². The highest BCUT2D eigenvalue weighted by atomic mass is 16.5. The Morgan fingerprint density at radius 1 is 1.38 bits per heavy atom. The van der Waals surface area contributed by atoms with Gasteiger partial charge in [0, 0.05) is 38.4 Å². The van der Waals surface area contributed by atoms with E-state index in [1.54, 1.807) is 12.3 Å². The van der Waals surface area contributed by atoms with E-state index in [2.05, 4.69) is 21.3 Å². The lowest BCUT2D eigenvalue weighted by molar-refractivity contribution is -0.00397. The first-order chi connectivity index (χ1) is 11.7. The molecular formula is C17H23N5O2. The zero-order valence-electron chi connectivity index (χ0n) is 13.9. The van der Waals surface area contributed by atoms with Crippen molar-refractivity contribution in [2.75, 3.05) is 37.7 Å². The van der Waals surface area contributed by atoms with Gasteiger partial charge in [-0.2, -0.15) is 5.26 Å². The predicted molar refractivity (Wildman–Crippen MR) is 89.7 cm³/mol. The van der Waals surface area contributed by atoms with Crippen LogP contribution in [0.5, 0.6) is 0 Å². The summed E-state index contributed by atoms with van der Waals surface area (Å²) in [5.74, 6) is 0.890. The Labute approximate surface area is 142 Å². The van der Waals surface area contributed by atoms with Crippen molar-refractivity contribution >= 4 is 11.8 Å². The second-order valence-electron chi connectivity index (χ2n) is 6.36. The number of urea groups is 1. The highest BCUT2D eigenvalue weighted by Gasteiger charge is 2.26. The molecular weight excluding hydrogens is 306 g/mol. The lowest BCUT2D eigenvalue weighted by atomic mass is 10.1. The number of nitriles is 1. The molecule has 7 heteroatoms. The minimum atomic E-state index is 0.0140. The normalized spacial score (nSPS) is 22.1. The lowest BCUT2D eigenvalue weighted by Crippen LogP contribution is -2.53. The van der Waals surface area contributed by atoms with Crippen LogP contribution in [0.2, 0.25) is 0 Å². The molecule has 2 saturated heterocycles. The maximum absolute atomic E-state index is 12.3. The highest BCUT2D eigenvalue weighted by Crippen LogP contribution is 2.18. The second kappa shape index (κ2) is 7.49. The van der Waals surface area contributed by atoms with Crippen LogP contribution >= 0.6 is 0 Å². The number of pyridine rings is 1. The third kappa shape index (κ3) is 3.95. The van der Waals surface area contributed by atoms with Crippen molar-refractivity contribution in [1.82, 2.24) is 15.2 Å². The molecule has 1 unspecified atom stereocenters. The third-order valence-electron chi connectivity index (χ3n) is 4.55. The first kappa shape index (κ1) is 16.5. The molecule has 2 aliphatic rings. The number of morpholine rings is 1. The van der Waals surface area contributed by atoms with Crippen LogP contribution in [0.25, 0.3) is 0 Å². The van der Waals surface area contributed by atoms with Gasteiger partial charge >= 0.3 is 6.03 Å². The maximum Gasteiger partial charge on any atom is 0.317 e. The Hall–Kier alpha value is -2.33. The Bertz CT molecular complexity index is 604. The average Bonchev–Trinajstić information content (AvgIpc) is 2.62. The fourth-order valence-electron chi connectivity index (χ4n) is 3.16. The molecule has 2 amide bonds. The molecule has 0 aromatic carbocycles. The van der Waals surface area contributed by atoms with E-state index in [-0.39, 0.29) is 18.2 Å². The van der Waals surface area contributed by atoms with Crippen molar-refractivity contribution < 1.29 is 9.53 Å². The summed E-state index contributed by atoms with van der Waals surface area (Å²) in [7, 11) is 0. The number of amides is 2. The van der Waals surface area contributed by atoms with Crippen LogP contribution in [0.15, 0.2) is 18.3 Å². The number of ether oxygens (including phenoxy) is 1. The van der Waals surface area contributed by atoms with Crippen LogP contribution in [-0.4, -0.2) is 60.8 Å². The first-order valence-corrected chi connectivity index (χ1v) is 8.44. The van der Waals surface area contributed by atoms with Gasteiger partial charge in [0.1, 0.15) is 11.9 Å². The summed E-state index contributed by atoms with van der Waals surface area (Å²) in [5.41, 5.74) is 0.570. The van der Waals surface area contributed by atoms with Crippen LogP contribution in [0.4, 0.5) is 10.6 Å². The minimum absolute atomic E-state index is 0.0140. The van der Waals surface area contributed by atoms with E-state index in [0.717, 1.165) is 31.7 Å². The number of nitrogens with zero attached hydrogens (tertiary/aromatic N) is 4. The monoisotopic (exact) mass is 329 g/mol. The molecule has 3 rings (SSSR count). The van der Waals surface area contributed by atoms with Gasteiger partial charge in [0.25, 0.3) is 0 Å². The van der Waals surface area contributed by atoms with Crippen molar-refractivity contribution in [2.24, 2.45) is 0 Å². The van der Waals surface area contributed by atoms with Gasteiger partial charge in [0.05, 0.1) is 18.3 Å². The number of carbonyl (C=O) groups is 1. The Morgan fingerprint density at radius 2 is 2.17 bits per heavy atom. The minimum Gasteiger partial charge on any atom is -0.375 e. The Kier molecular flexibility index (Phi) is 5.16. The van der Waals surface area contributed by atoms with Gasteiger partial charge in [-0.15, -0.1) is 0 Å². The quantitative estimate of drug-likeness (QED) is 0.886. The number of piperidine rings is 1. The predicted octanol–water partition coefficient (Wildman–Crippen LogP) is 1.35. The summed E-state index contributed by atoms with van der Waals surface area (Å²) >= 11 is 0. The fraction of sp³-hybridized carbons (Fsp3) is 0.588. The van der Waals surface area contributed by atoms with Crippen molar-refractivity contribution in [1.29, 1.82) is 5.26 Å². The first-order valence-electron chi connectivity index (χ1n) is 8.44. The van der Waals surface area contributed by atoms with Crippen LogP contribution in [0.3, 0.4) is 0 Å². The maximum atomic E-state index is 12.3. The SMILES string of the molecule is CC1CN(C(=O)NC2CCN(c3ccc(C#N)cn3)CC2)CCO1. The lowest BCUT2D eigenvalue weighted by Gasteiger charge is -2.36. The summed E-state index contributed by atoms with van der Waals surface area (Å²) in [6.07, 6.45) is 3.50. The average molecular weight is 329 g/mol. The van der Waals surface area contributed by atoms with Gasteiger partial charge in [-0.3, -0.25) is 0 Å². The molecule has 0 spiro atoms. The van der Waals surface area contributed by atoms with Crippen LogP contribution in [-0.2, 0) is 4.74 Å². The molecule has 3 heterocycles. The molecule has 2 aliphatic heterocycles. The molecule has 0 saturated carbocycles. The van der Waals surface area contributed by atoms with Crippen molar-refractivity contribution in [3.8, 4) is 6.07 Å². The number of hydrogen-bond acceptors (Lipinski definition) is 5. The van der Waals surface area contributed by atoms with E-state index >= 15 is 0 Å². The Morgan fingerprint density at radius 3 is 2.79 bits per heavy atom. The molecule has 1 N–H and O–H groups in total. The van der Waals surface area contributed by atoms with Crippen molar-refractivity contribution in [3.05, 3.63) is 23.9 Å². The van der Waals surface area contributed by atoms with Gasteiger partial charge < -0.3 is 19.9 Å². The van der Waals surface area contributed by atoms with Crippen molar-refractivity contribution in [3.63, 3.8) is 0 Å². The molecule has 1 aromatic heterocycles. The highest BCUT2D eigenvalue weighted by molar-refractivity contribution is 5.74. The number of anilines is 1. The molecule has 0 bridgehead atoms. The summed E-state index contributed by atoms with van der Waals surface area (Å²) in [6.45, 7) is 5.61. The number of rotatable bonds is 2. The molecule has 24 heavy (non-hydrogen) atoms. The summed E-state index contributed by atoms with van der Waals surface area (Å²) in [4.78, 5) is 20.7. The van der Waals surface area contributed by atoms with E-state index < -0.39 is 0 Å². The molecule has 7 nitrogen and oxygen atoms in total. The van der Waals surface area contributed by atoms with E-state index in [4.69, 9.17) is 10.00 Å². The standard InChI is InChI=1S/C17H23N5O2/c1-13-12-22(8-9-24-13)17(23)20-15-4-6-21(7-5-15)16-3-2-14(10-18)11-19-16/h2-3,11,13,15H,4-9,12H2,1H3,(H,20,23). The van der Waals surface area contributed by atoms with Crippen LogP contribution in [0.1, 0.15) is 25.3 Å². The molecule has 0 radical (unpaired) electrons. The van der Waals surface area contributed by atoms with Gasteiger partial charge in [-0.1, -0.05) is 0 Å². The number of aromatic nitrogens is 1. The molecule has 0 aliphatic carbocycles. The smallest absolute Gasteiger partial charge is 0.317 e. The van der Waals surface area contributed by atoms with E-state index in [1.165, 1.54) is 0 Å². The van der Waals surface area contributed by atoms with Gasteiger partial charge in [0.2, 0.25) is 0 Å². The molecule has 2 fully saturated rings. The van der Waals surface area contributed by atoms with Gasteiger partial charge in [-0.25, -0.2) is 9.78 Å². The van der Waals surface area contributed by atoms with Gasteiger partial charge in [-0.05, 0) is 31.9 Å². The topological polar surface area (TPSA) is 81.5 Å². The Balaban J connectivity index is 1.48. The van der Waals surface area contributed by atoms with E-state index in [9.17, 15) is 4.79 Å². The molecule has 1 aromatic rings. The summed E-state index contributed by atoms with van der Waals surface area (Å²) < 4.78 is 5.47. The summed E-state index contributed by atoms with van der Waals surface area (Å²) in [6, 6.07) is 5.96. The van der Waals surface area contributed by atoms with Crippen LogP contribution < -0.4 is 10.2 Å². The largest absolute Gasteiger partial charge is 0.375 e. The second-order valence-corrected chi connectivity index (χ2v) is 6.36. The third-order valence-corrected chi connectivity index (χ3v) is 4.55. The summed E-state index contributed by atoms with van der Waals surface area (Å²) in [5, 5.41) is 12.0. The number of hydrogen-bond donors (Lipinski definition) is 1. The van der Waals surface area contributed by atoms with E-state index in [1.807, 2.05) is 17.9 Å². The van der Waals surface area contributed by atoms with E-state index in [0.29, 0.717) is 25.3 Å². The molecule has 1 atom stereocenters. The zero-order chi connectivity index (χ0) is 16.9. The number of nitrogens with one attached hydrogen (secondary N) is 1. The fourth-order valence-corrected chi connectivity index (χ4v) is 3.16. The van der Waals surface area contributed by atoms with Crippen molar-refractivity contribution in [2.45, 2.75) is 31.9 Å². The number of carbonyl (C=O) groups excluding carboxylic acids is 1. The molecule has 128 valence electrons. The zero-order valence-corrected chi connectivity index (χ0v) is 13.9. The van der Waals surface area contributed by atoms with Gasteiger partial charge in [0.15, 0.2) is 0 Å².